The van der Waals surface area contributed by atoms with Crippen molar-refractivity contribution >= 4 is 109 Å². The van der Waals surface area contributed by atoms with Crippen molar-refractivity contribution < 1.29 is 179 Å². The third-order valence-electron chi connectivity index (χ3n) is 7.38. The summed E-state index contributed by atoms with van der Waals surface area (Å²) >= 11 is 5.96. The van der Waals surface area contributed by atoms with E-state index in [-0.39, 0.29) is 129 Å². The van der Waals surface area contributed by atoms with Crippen molar-refractivity contribution in [1.82, 2.24) is 15.0 Å². The zero-order valence-electron chi connectivity index (χ0n) is 30.4. The Morgan fingerprint density at radius 1 is 0.661 bits per heavy atom. The molecule has 30 heteroatoms. The van der Waals surface area contributed by atoms with Crippen LogP contribution in [0.3, 0.4) is 0 Å². The molecule has 286 valence electrons. The number of Topliss-reactive ketones (excluding diaryl/α,β-unsaturated/α-hetero) is 1. The Hall–Kier alpha value is -1.51. The van der Waals surface area contributed by atoms with E-state index in [1.54, 1.807) is 0 Å². The third-order valence-corrected chi connectivity index (χ3v) is 11.1. The number of nitrogens with one attached hydrogen (secondary N) is 3. The average Bonchev–Trinajstić information content (AvgIpc) is 3.05. The first kappa shape index (κ1) is 53.6. The van der Waals surface area contributed by atoms with Gasteiger partial charge in [-0.3, -0.25) is 10.2 Å². The number of aromatic nitrogens is 3. The molecule has 0 unspecified atom stereocenters. The molecule has 0 bridgehead atoms. The Morgan fingerprint density at radius 2 is 1.29 bits per heavy atom. The number of halogens is 2. The average molecular weight is 944 g/mol. The van der Waals surface area contributed by atoms with Gasteiger partial charge in [-0.25, -0.2) is 33.7 Å². The van der Waals surface area contributed by atoms with Crippen LogP contribution in [-0.2, 0) is 40.5 Å². The predicted molar refractivity (Wildman–Crippen MR) is 185 cm³/mol. The first-order chi connectivity index (χ1) is 25.5. The summed E-state index contributed by atoms with van der Waals surface area (Å²) in [4.78, 5) is 20.2. The van der Waals surface area contributed by atoms with Gasteiger partial charge in [-0.2, -0.15) is 24.4 Å². The molecule has 0 fully saturated rings. The molecule has 0 atom stereocenters. The predicted octanol–water partition coefficient (Wildman–Crippen LogP) is -9.42. The maximum absolute atomic E-state index is 14.6. The molecule has 0 radical (unpaired) electrons. The first-order valence-corrected chi connectivity index (χ1v) is 20.4. The second-order valence-corrected chi connectivity index (χ2v) is 16.8. The monoisotopic (exact) mass is 943 g/mol. The van der Waals surface area contributed by atoms with Crippen LogP contribution in [0.15, 0.2) is 91.4 Å². The fourth-order valence-electron chi connectivity index (χ4n) is 5.25. The van der Waals surface area contributed by atoms with Gasteiger partial charge in [0.05, 0.1) is 36.5 Å². The molecule has 5 aromatic rings. The Labute approximate surface area is 427 Å². The molecule has 0 saturated carbocycles. The van der Waals surface area contributed by atoms with Gasteiger partial charge in [0.25, 0.3) is 0 Å². The van der Waals surface area contributed by atoms with Gasteiger partial charge in [-0.15, -0.1) is 0 Å². The second kappa shape index (κ2) is 20.3. The number of rotatable bonds is 10. The van der Waals surface area contributed by atoms with Crippen LogP contribution in [-0.4, -0.2) is 78.3 Å². The Bertz CT molecular complexity index is 3040. The molecule has 59 heavy (non-hydrogen) atoms. The summed E-state index contributed by atoms with van der Waals surface area (Å²) in [6, 6.07) is 11.5. The molecular formula is C29H15ClFN7Na4O13S4. The van der Waals surface area contributed by atoms with Crippen LogP contribution >= 0.6 is 11.6 Å². The number of hydrazone groups is 1. The van der Waals surface area contributed by atoms with Gasteiger partial charge in [-0.1, -0.05) is 35.9 Å². The fraction of sp³-hybridized carbons (Fsp3) is 0. The number of allylic oxidation sites excluding steroid dienone is 1. The van der Waals surface area contributed by atoms with Gasteiger partial charge in [0.1, 0.15) is 46.2 Å². The summed E-state index contributed by atoms with van der Waals surface area (Å²) in [7, 11) is -21.9. The minimum atomic E-state index is -5.72. The van der Waals surface area contributed by atoms with Crippen LogP contribution in [0.2, 0.25) is 5.02 Å². The molecule has 0 aliphatic heterocycles. The van der Waals surface area contributed by atoms with E-state index >= 15 is 0 Å². The largest absolute Gasteiger partial charge is 1.00 e. The zero-order valence-corrected chi connectivity index (χ0v) is 42.4. The van der Waals surface area contributed by atoms with E-state index in [1.807, 2.05) is 5.43 Å². The van der Waals surface area contributed by atoms with Crippen LogP contribution in [0, 0.1) is 6.08 Å². The third kappa shape index (κ3) is 12.4. The van der Waals surface area contributed by atoms with Crippen molar-refractivity contribution in [2.75, 3.05) is 16.1 Å². The zero-order chi connectivity index (χ0) is 40.2. The van der Waals surface area contributed by atoms with Crippen molar-refractivity contribution in [1.29, 1.82) is 0 Å². The van der Waals surface area contributed by atoms with Gasteiger partial charge >= 0.3 is 124 Å². The van der Waals surface area contributed by atoms with Gasteiger partial charge in [0.2, 0.25) is 17.7 Å². The SMILES string of the molecule is O=C1/C(=N/Nc2ccc3c(S(=O)(=O)[O-])cccc3c2S(=O)(=O)[O-])C(S(=O)(=O)[O-])=Cc2cc(S(=O)(=O)[O-])cc(Nc3nc(F)nc(Nc4cccc(Cl)c4)n3)c21.[Na+].[Na+].[Na+].[Na+]. The first-order valence-electron chi connectivity index (χ1n) is 14.4. The molecule has 1 aliphatic rings. The molecule has 1 aliphatic carbocycles. The molecule has 1 aromatic heterocycles. The quantitative estimate of drug-likeness (QED) is 0.0665. The van der Waals surface area contributed by atoms with Crippen LogP contribution in [0.5, 0.6) is 0 Å². The second-order valence-electron chi connectivity index (χ2n) is 11.0. The van der Waals surface area contributed by atoms with E-state index in [2.05, 4.69) is 30.7 Å². The molecule has 1 heterocycles. The van der Waals surface area contributed by atoms with E-state index in [0.717, 1.165) is 30.3 Å². The van der Waals surface area contributed by atoms with Crippen LogP contribution in [0.25, 0.3) is 16.8 Å². The Kier molecular flexibility index (Phi) is 18.5. The van der Waals surface area contributed by atoms with E-state index in [1.165, 1.54) is 24.3 Å². The summed E-state index contributed by atoms with van der Waals surface area (Å²) < 4.78 is 161. The maximum Gasteiger partial charge on any atom is 1.00 e. The fourth-order valence-corrected chi connectivity index (χ4v) is 8.15. The Morgan fingerprint density at radius 3 is 1.86 bits per heavy atom. The smallest absolute Gasteiger partial charge is 0.744 e. The summed E-state index contributed by atoms with van der Waals surface area (Å²) in [5.74, 6) is -2.66. The van der Waals surface area contributed by atoms with E-state index in [9.17, 15) is 61.1 Å². The summed E-state index contributed by atoms with van der Waals surface area (Å²) in [5.41, 5.74) is -1.84. The number of fused-ring (bicyclic) bond motifs is 2. The minimum Gasteiger partial charge on any atom is -0.744 e. The van der Waals surface area contributed by atoms with Crippen molar-refractivity contribution in [2.45, 2.75) is 14.7 Å². The van der Waals surface area contributed by atoms with Crippen molar-refractivity contribution in [3.63, 3.8) is 0 Å². The number of carbonyl (C=O) groups is 1. The number of carbonyl (C=O) groups excluding carboxylic acids is 1. The van der Waals surface area contributed by atoms with E-state index in [0.29, 0.717) is 18.2 Å². The van der Waals surface area contributed by atoms with Crippen LogP contribution in [0.4, 0.5) is 33.3 Å². The number of anilines is 5. The molecule has 4 aromatic carbocycles. The van der Waals surface area contributed by atoms with Crippen molar-refractivity contribution in [2.24, 2.45) is 5.10 Å². The van der Waals surface area contributed by atoms with Crippen molar-refractivity contribution in [3.05, 3.63) is 93.9 Å². The Balaban J connectivity index is 0.00000300. The van der Waals surface area contributed by atoms with Crippen LogP contribution < -0.4 is 134 Å². The summed E-state index contributed by atoms with van der Waals surface area (Å²) in [5, 5.41) is 7.74. The molecule has 6 rings (SSSR count). The molecular weight excluding hydrogens is 929 g/mol. The summed E-state index contributed by atoms with van der Waals surface area (Å²) in [6.45, 7) is 0. The van der Waals surface area contributed by atoms with Gasteiger partial charge < -0.3 is 28.8 Å². The maximum atomic E-state index is 14.6. The van der Waals surface area contributed by atoms with Crippen LogP contribution in [0.1, 0.15) is 15.9 Å². The van der Waals surface area contributed by atoms with Gasteiger partial charge in [0, 0.05) is 21.5 Å². The molecule has 3 N–H and O–H groups in total. The molecule has 20 nitrogen and oxygen atoms in total. The normalized spacial score (nSPS) is 13.4. The van der Waals surface area contributed by atoms with E-state index in [4.69, 9.17) is 11.6 Å². The number of hydrogen-bond acceptors (Lipinski definition) is 20. The topological polar surface area (TPSA) is 333 Å². The number of hydrogen-bond donors (Lipinski definition) is 3. The number of ketones is 1. The summed E-state index contributed by atoms with van der Waals surface area (Å²) in [6.07, 6.45) is -0.961. The van der Waals surface area contributed by atoms with Gasteiger partial charge in [-0.05, 0) is 54.1 Å². The van der Waals surface area contributed by atoms with Gasteiger partial charge in [0.15, 0.2) is 0 Å². The van der Waals surface area contributed by atoms with Crippen molar-refractivity contribution in [3.8, 4) is 0 Å². The molecule has 0 amide bonds. The molecule has 0 saturated heterocycles. The molecule has 0 spiro atoms. The minimum absolute atomic E-state index is 0. The standard InChI is InChI=1S/C29H19ClFN7O13S4.4Na/c30-14-3-1-4-15(11-14)32-28-34-27(31)35-29(36-28)33-20-12-16(52(40,41)42)9-13-10-22(54(46,47)48)24(25(39)23(13)20)38-37-19-8-7-17-18(26(19)55(49,50)51)5-2-6-21(17)53(43,44)45;;;;/h1-12,37H,(H,40,41,42)(H,43,44,45)(H,46,47,48)(H,49,50,51)(H2,32,33,34,35,36);;;;/q;4*+1/p-4/b38-24+;;;;. The number of nitrogens with zero attached hydrogens (tertiary/aromatic N) is 4. The number of benzene rings is 4. The van der Waals surface area contributed by atoms with E-state index < -0.39 is 123 Å².